The van der Waals surface area contributed by atoms with Crippen LogP contribution < -0.4 is 0 Å². The Labute approximate surface area is 60.8 Å². The summed E-state index contributed by atoms with van der Waals surface area (Å²) in [6, 6.07) is 0. The second kappa shape index (κ2) is 3.98. The van der Waals surface area contributed by atoms with E-state index in [0.29, 0.717) is 0 Å². The summed E-state index contributed by atoms with van der Waals surface area (Å²) in [6.45, 7) is -0.811. The maximum Gasteiger partial charge on any atom is 0.266 e. The van der Waals surface area contributed by atoms with E-state index in [1.54, 1.807) is 0 Å². The topological polar surface area (TPSA) is 92.7 Å². The molecule has 10 heavy (non-hydrogen) atoms. The Morgan fingerprint density at radius 3 is 2.40 bits per heavy atom. The molecule has 0 radical (unpaired) electrons. The zero-order valence-electron chi connectivity index (χ0n) is 4.97. The van der Waals surface area contributed by atoms with Crippen molar-refractivity contribution in [1.82, 2.24) is 0 Å². The van der Waals surface area contributed by atoms with Crippen molar-refractivity contribution >= 4 is 21.5 Å². The van der Waals surface area contributed by atoms with Crippen molar-refractivity contribution < 1.29 is 25.5 Å². The Balaban J connectivity index is 3.49. The van der Waals surface area contributed by atoms with Gasteiger partial charge in [-0.3, -0.25) is 4.18 Å². The van der Waals surface area contributed by atoms with E-state index in [0.717, 1.165) is 6.26 Å². The van der Waals surface area contributed by atoms with Gasteiger partial charge in [-0.15, -0.1) is 0 Å². The summed E-state index contributed by atoms with van der Waals surface area (Å²) < 4.78 is 47.0. The molecule has 1 atom stereocenters. The van der Waals surface area contributed by atoms with Gasteiger partial charge in [-0.05, 0) is 0 Å². The van der Waals surface area contributed by atoms with E-state index in [9.17, 15) is 17.2 Å². The first kappa shape index (κ1) is 9.98. The van der Waals surface area contributed by atoms with Crippen molar-refractivity contribution in [1.29, 1.82) is 0 Å². The van der Waals surface area contributed by atoms with E-state index >= 15 is 0 Å². The Morgan fingerprint density at radius 1 is 1.60 bits per heavy atom. The quantitative estimate of drug-likeness (QED) is 0.311. The average Bonchev–Trinajstić information content (AvgIpc) is 1.59. The third-order valence-corrected chi connectivity index (χ3v) is 1.22. The average molecular weight is 189 g/mol. The number of rotatable bonds is 4. The first-order chi connectivity index (χ1) is 4.42. The molecule has 0 saturated heterocycles. The highest BCUT2D eigenvalue weighted by Crippen LogP contribution is 1.87. The van der Waals surface area contributed by atoms with Crippen LogP contribution in [-0.2, 0) is 29.8 Å². The van der Waals surface area contributed by atoms with Crippen LogP contribution in [0.15, 0.2) is 0 Å². The standard InChI is InChI=1S/C2H6O6S2/c1-10(5,6)8-2-7-9(3)4/h2H2,1H3,(H,3,4)/p-1. The van der Waals surface area contributed by atoms with Gasteiger partial charge < -0.3 is 4.55 Å². The molecule has 0 saturated carbocycles. The summed E-state index contributed by atoms with van der Waals surface area (Å²) in [5.41, 5.74) is 0. The van der Waals surface area contributed by atoms with Crippen LogP contribution in [0.2, 0.25) is 0 Å². The van der Waals surface area contributed by atoms with Crippen LogP contribution in [0.4, 0.5) is 0 Å². The van der Waals surface area contributed by atoms with Gasteiger partial charge in [0.05, 0.1) is 17.6 Å². The van der Waals surface area contributed by atoms with Crippen molar-refractivity contribution in [3.8, 4) is 0 Å². The van der Waals surface area contributed by atoms with Gasteiger partial charge >= 0.3 is 0 Å². The fraction of sp³-hybridized carbons (Fsp3) is 1.00. The highest BCUT2D eigenvalue weighted by molar-refractivity contribution is 7.86. The second-order valence-corrected chi connectivity index (χ2v) is 3.55. The minimum Gasteiger partial charge on any atom is -0.750 e. The lowest BCUT2D eigenvalue weighted by molar-refractivity contribution is 0.129. The van der Waals surface area contributed by atoms with Gasteiger partial charge in [0.2, 0.25) is 0 Å². The van der Waals surface area contributed by atoms with Crippen molar-refractivity contribution in [3.63, 3.8) is 0 Å². The predicted octanol–water partition coefficient (Wildman–Crippen LogP) is -1.27. The third kappa shape index (κ3) is 7.98. The molecular weight excluding hydrogens is 184 g/mol. The van der Waals surface area contributed by atoms with E-state index in [1.807, 2.05) is 0 Å². The smallest absolute Gasteiger partial charge is 0.266 e. The van der Waals surface area contributed by atoms with Crippen LogP contribution in [-0.4, -0.2) is 30.2 Å². The van der Waals surface area contributed by atoms with Crippen molar-refractivity contribution in [2.75, 3.05) is 13.0 Å². The Kier molecular flexibility index (Phi) is 3.98. The molecule has 0 spiro atoms. The maximum absolute atomic E-state index is 10.1. The molecule has 62 valence electrons. The Bertz CT molecular complexity index is 204. The van der Waals surface area contributed by atoms with Crippen LogP contribution in [0.1, 0.15) is 0 Å². The van der Waals surface area contributed by atoms with Gasteiger partial charge in [-0.2, -0.15) is 8.42 Å². The largest absolute Gasteiger partial charge is 0.750 e. The molecule has 0 bridgehead atoms. The zero-order chi connectivity index (χ0) is 8.20. The summed E-state index contributed by atoms with van der Waals surface area (Å²) in [5, 5.41) is 0. The first-order valence-electron chi connectivity index (χ1n) is 1.99. The van der Waals surface area contributed by atoms with E-state index in [2.05, 4.69) is 8.37 Å². The monoisotopic (exact) mass is 189 g/mol. The number of hydrogen-bond donors (Lipinski definition) is 0. The molecule has 0 heterocycles. The van der Waals surface area contributed by atoms with Crippen LogP contribution in [0.25, 0.3) is 0 Å². The van der Waals surface area contributed by atoms with E-state index in [4.69, 9.17) is 0 Å². The van der Waals surface area contributed by atoms with Crippen molar-refractivity contribution in [3.05, 3.63) is 0 Å². The molecule has 0 aromatic rings. The molecule has 1 unspecified atom stereocenters. The normalized spacial score (nSPS) is 15.0. The van der Waals surface area contributed by atoms with Gasteiger partial charge in [-0.1, -0.05) is 0 Å². The SMILES string of the molecule is CS(=O)(=O)OCOS(=O)[O-]. The number of hydrogen-bond acceptors (Lipinski definition) is 6. The molecule has 6 nitrogen and oxygen atoms in total. The second-order valence-electron chi connectivity index (χ2n) is 1.26. The lowest BCUT2D eigenvalue weighted by Gasteiger charge is -2.03. The molecule has 0 rings (SSSR count). The van der Waals surface area contributed by atoms with E-state index in [-0.39, 0.29) is 0 Å². The predicted molar refractivity (Wildman–Crippen MR) is 30.8 cm³/mol. The lowest BCUT2D eigenvalue weighted by atomic mass is 11.6. The zero-order valence-corrected chi connectivity index (χ0v) is 6.61. The molecule has 0 aromatic carbocycles. The van der Waals surface area contributed by atoms with Gasteiger partial charge in [0.25, 0.3) is 10.1 Å². The Hall–Kier alpha value is -0.0200. The van der Waals surface area contributed by atoms with Crippen molar-refractivity contribution in [2.45, 2.75) is 0 Å². The van der Waals surface area contributed by atoms with Gasteiger partial charge in [0.1, 0.15) is 0 Å². The summed E-state index contributed by atoms with van der Waals surface area (Å²) in [4.78, 5) is 0. The van der Waals surface area contributed by atoms with Crippen LogP contribution >= 0.6 is 0 Å². The summed E-state index contributed by atoms with van der Waals surface area (Å²) in [7, 11) is -3.62. The fourth-order valence-corrected chi connectivity index (χ4v) is 0.557. The van der Waals surface area contributed by atoms with Crippen LogP contribution in [0, 0.1) is 0 Å². The molecule has 0 aliphatic heterocycles. The highest BCUT2D eigenvalue weighted by atomic mass is 32.2. The van der Waals surface area contributed by atoms with E-state index < -0.39 is 28.3 Å². The molecule has 0 amide bonds. The minimum absolute atomic E-state index is 0.782. The van der Waals surface area contributed by atoms with Crippen LogP contribution in [0.3, 0.4) is 0 Å². The summed E-state index contributed by atoms with van der Waals surface area (Å²) in [6.07, 6.45) is 0.782. The molecule has 8 heteroatoms. The van der Waals surface area contributed by atoms with E-state index in [1.165, 1.54) is 0 Å². The summed E-state index contributed by atoms with van der Waals surface area (Å²) >= 11 is -2.74. The highest BCUT2D eigenvalue weighted by Gasteiger charge is 1.99. The first-order valence-corrected chi connectivity index (χ1v) is 4.80. The van der Waals surface area contributed by atoms with Gasteiger partial charge in [0, 0.05) is 0 Å². The molecule has 0 fully saturated rings. The Morgan fingerprint density at radius 2 is 2.10 bits per heavy atom. The molecule has 0 aliphatic carbocycles. The van der Waals surface area contributed by atoms with Crippen molar-refractivity contribution in [2.24, 2.45) is 0 Å². The minimum atomic E-state index is -3.62. The molecular formula is C2H5O6S2-. The fourth-order valence-electron chi connectivity index (χ4n) is 0.146. The molecule has 0 aliphatic rings. The third-order valence-electron chi connectivity index (χ3n) is 0.407. The van der Waals surface area contributed by atoms with Gasteiger partial charge in [-0.25, -0.2) is 8.39 Å². The molecule has 0 N–H and O–H groups in total. The maximum atomic E-state index is 10.1. The lowest BCUT2D eigenvalue weighted by Crippen LogP contribution is -2.07. The van der Waals surface area contributed by atoms with Crippen LogP contribution in [0.5, 0.6) is 0 Å². The summed E-state index contributed by atoms with van der Waals surface area (Å²) in [5.74, 6) is 0. The van der Waals surface area contributed by atoms with Gasteiger partial charge in [0.15, 0.2) is 6.79 Å². The molecule has 0 aromatic heterocycles.